The van der Waals surface area contributed by atoms with Crippen LogP contribution in [-0.2, 0) is 4.74 Å². The van der Waals surface area contributed by atoms with E-state index in [9.17, 15) is 4.79 Å². The molecule has 144 valence electrons. The number of ether oxygens (including phenoxy) is 4. The third-order valence-corrected chi connectivity index (χ3v) is 4.27. The molecule has 2 aromatic rings. The van der Waals surface area contributed by atoms with Gasteiger partial charge in [-0.05, 0) is 12.1 Å². The number of pyridine rings is 1. The lowest BCUT2D eigenvalue weighted by Crippen LogP contribution is -2.36. The molecule has 0 spiro atoms. The molecule has 1 N–H and O–H groups in total. The van der Waals surface area contributed by atoms with Gasteiger partial charge >= 0.3 is 0 Å². The molecule has 0 atom stereocenters. The van der Waals surface area contributed by atoms with Crippen LogP contribution in [0.3, 0.4) is 0 Å². The highest BCUT2D eigenvalue weighted by Gasteiger charge is 2.17. The number of amides is 1. The van der Waals surface area contributed by atoms with E-state index in [2.05, 4.69) is 15.2 Å². The maximum Gasteiger partial charge on any atom is 0.255 e. The van der Waals surface area contributed by atoms with Crippen molar-refractivity contribution in [2.24, 2.45) is 0 Å². The Bertz CT molecular complexity index is 781. The minimum atomic E-state index is -0.249. The summed E-state index contributed by atoms with van der Waals surface area (Å²) in [5.41, 5.74) is 1.06. The van der Waals surface area contributed by atoms with E-state index in [0.29, 0.717) is 41.7 Å². The zero-order valence-electron chi connectivity index (χ0n) is 15.7. The maximum atomic E-state index is 12.7. The van der Waals surface area contributed by atoms with Crippen molar-refractivity contribution in [1.29, 1.82) is 0 Å². The molecular formula is C19H23N3O5. The quantitative estimate of drug-likeness (QED) is 0.831. The normalized spacial score (nSPS) is 13.8. The molecule has 0 bridgehead atoms. The minimum Gasteiger partial charge on any atom is -0.493 e. The number of hydrogen-bond acceptors (Lipinski definition) is 7. The fraction of sp³-hybridized carbons (Fsp3) is 0.368. The van der Waals surface area contributed by atoms with Gasteiger partial charge in [-0.1, -0.05) is 0 Å². The summed E-state index contributed by atoms with van der Waals surface area (Å²) in [7, 11) is 4.59. The Hall–Kier alpha value is -3.00. The Labute approximate surface area is 158 Å². The van der Waals surface area contributed by atoms with Crippen molar-refractivity contribution in [3.05, 3.63) is 36.0 Å². The Balaban J connectivity index is 1.81. The first-order chi connectivity index (χ1) is 13.2. The number of methoxy groups -OCH3 is 3. The van der Waals surface area contributed by atoms with E-state index >= 15 is 0 Å². The van der Waals surface area contributed by atoms with E-state index in [-0.39, 0.29) is 5.91 Å². The van der Waals surface area contributed by atoms with Gasteiger partial charge in [-0.3, -0.25) is 4.79 Å². The number of aromatic nitrogens is 1. The van der Waals surface area contributed by atoms with Gasteiger partial charge in [0.25, 0.3) is 5.91 Å². The second kappa shape index (κ2) is 8.59. The molecular weight excluding hydrogens is 350 g/mol. The van der Waals surface area contributed by atoms with Crippen LogP contribution in [0.2, 0.25) is 0 Å². The summed E-state index contributed by atoms with van der Waals surface area (Å²) in [5, 5.41) is 2.86. The topological polar surface area (TPSA) is 82.2 Å². The van der Waals surface area contributed by atoms with E-state index < -0.39 is 0 Å². The Kier molecular flexibility index (Phi) is 5.97. The maximum absolute atomic E-state index is 12.7. The van der Waals surface area contributed by atoms with Crippen molar-refractivity contribution in [3.8, 4) is 17.2 Å². The van der Waals surface area contributed by atoms with Crippen molar-refractivity contribution in [2.75, 3.05) is 57.8 Å². The van der Waals surface area contributed by atoms with Gasteiger partial charge in [0, 0.05) is 42.7 Å². The summed E-state index contributed by atoms with van der Waals surface area (Å²) in [6, 6.07) is 6.82. The molecule has 8 nitrogen and oxygen atoms in total. The van der Waals surface area contributed by atoms with Crippen LogP contribution in [0.1, 0.15) is 10.4 Å². The molecule has 0 radical (unpaired) electrons. The molecule has 1 fully saturated rings. The number of anilines is 2. The van der Waals surface area contributed by atoms with Gasteiger partial charge < -0.3 is 29.2 Å². The van der Waals surface area contributed by atoms with Gasteiger partial charge in [-0.2, -0.15) is 0 Å². The molecule has 1 amide bonds. The SMILES string of the molecule is COc1cc(NC(=O)c2ccnc(N3CCOCC3)c2)cc(OC)c1OC. The largest absolute Gasteiger partial charge is 0.493 e. The number of carbonyl (C=O) groups is 1. The molecule has 1 aliphatic rings. The molecule has 1 aliphatic heterocycles. The number of hydrogen-bond donors (Lipinski definition) is 1. The summed E-state index contributed by atoms with van der Waals surface area (Å²) in [5.74, 6) is 1.92. The number of benzene rings is 1. The van der Waals surface area contributed by atoms with Gasteiger partial charge in [-0.15, -0.1) is 0 Å². The van der Waals surface area contributed by atoms with Crippen LogP contribution in [0.15, 0.2) is 30.5 Å². The first-order valence-electron chi connectivity index (χ1n) is 8.56. The number of carbonyl (C=O) groups excluding carboxylic acids is 1. The van der Waals surface area contributed by atoms with Crippen LogP contribution in [0, 0.1) is 0 Å². The van der Waals surface area contributed by atoms with Crippen LogP contribution in [-0.4, -0.2) is 58.5 Å². The summed E-state index contributed by atoms with van der Waals surface area (Å²) in [4.78, 5) is 19.2. The molecule has 8 heteroatoms. The Morgan fingerprint density at radius 3 is 2.33 bits per heavy atom. The van der Waals surface area contributed by atoms with Crippen molar-refractivity contribution < 1.29 is 23.7 Å². The van der Waals surface area contributed by atoms with E-state index in [1.165, 1.54) is 21.3 Å². The highest BCUT2D eigenvalue weighted by Crippen LogP contribution is 2.40. The van der Waals surface area contributed by atoms with Crippen LogP contribution >= 0.6 is 0 Å². The molecule has 1 aromatic heterocycles. The number of nitrogens with one attached hydrogen (secondary N) is 1. The second-order valence-corrected chi connectivity index (χ2v) is 5.87. The van der Waals surface area contributed by atoms with Crippen molar-refractivity contribution >= 4 is 17.4 Å². The average molecular weight is 373 g/mol. The fourth-order valence-corrected chi connectivity index (χ4v) is 2.88. The van der Waals surface area contributed by atoms with Crippen molar-refractivity contribution in [3.63, 3.8) is 0 Å². The lowest BCUT2D eigenvalue weighted by atomic mass is 10.2. The third kappa shape index (κ3) is 4.22. The van der Waals surface area contributed by atoms with E-state index in [1.807, 2.05) is 0 Å². The van der Waals surface area contributed by atoms with Gasteiger partial charge in [0.1, 0.15) is 5.82 Å². The molecule has 1 saturated heterocycles. The molecule has 0 aliphatic carbocycles. The molecule has 1 aromatic carbocycles. The van der Waals surface area contributed by atoms with Gasteiger partial charge in [0.15, 0.2) is 11.5 Å². The first kappa shape index (κ1) is 18.8. The predicted octanol–water partition coefficient (Wildman–Crippen LogP) is 2.20. The van der Waals surface area contributed by atoms with Gasteiger partial charge in [-0.25, -0.2) is 4.98 Å². The highest BCUT2D eigenvalue weighted by molar-refractivity contribution is 6.05. The van der Waals surface area contributed by atoms with Crippen LogP contribution in [0.25, 0.3) is 0 Å². The lowest BCUT2D eigenvalue weighted by molar-refractivity contribution is 0.102. The number of nitrogens with zero attached hydrogens (tertiary/aromatic N) is 2. The molecule has 0 saturated carbocycles. The van der Waals surface area contributed by atoms with Crippen LogP contribution in [0.5, 0.6) is 17.2 Å². The van der Waals surface area contributed by atoms with E-state index in [1.54, 1.807) is 30.5 Å². The number of morpholine rings is 1. The average Bonchev–Trinajstić information content (AvgIpc) is 2.73. The van der Waals surface area contributed by atoms with Crippen LogP contribution < -0.4 is 24.4 Å². The zero-order valence-corrected chi connectivity index (χ0v) is 15.7. The minimum absolute atomic E-state index is 0.249. The van der Waals surface area contributed by atoms with Crippen molar-refractivity contribution in [2.45, 2.75) is 0 Å². The summed E-state index contributed by atoms with van der Waals surface area (Å²) >= 11 is 0. The predicted molar refractivity (Wildman–Crippen MR) is 101 cm³/mol. The second-order valence-electron chi connectivity index (χ2n) is 5.87. The summed E-state index contributed by atoms with van der Waals surface area (Å²) in [6.07, 6.45) is 1.63. The Morgan fingerprint density at radius 1 is 1.07 bits per heavy atom. The van der Waals surface area contributed by atoms with E-state index in [4.69, 9.17) is 18.9 Å². The number of rotatable bonds is 6. The molecule has 2 heterocycles. The summed E-state index contributed by atoms with van der Waals surface area (Å²) in [6.45, 7) is 2.82. The van der Waals surface area contributed by atoms with E-state index in [0.717, 1.165) is 18.9 Å². The van der Waals surface area contributed by atoms with Gasteiger partial charge in [0.2, 0.25) is 5.75 Å². The molecule has 27 heavy (non-hydrogen) atoms. The molecule has 3 rings (SSSR count). The highest BCUT2D eigenvalue weighted by atomic mass is 16.5. The monoisotopic (exact) mass is 373 g/mol. The first-order valence-corrected chi connectivity index (χ1v) is 8.56. The molecule has 0 unspecified atom stereocenters. The zero-order chi connectivity index (χ0) is 19.2. The summed E-state index contributed by atoms with van der Waals surface area (Å²) < 4.78 is 21.3. The van der Waals surface area contributed by atoms with Crippen LogP contribution in [0.4, 0.5) is 11.5 Å². The smallest absolute Gasteiger partial charge is 0.255 e. The lowest BCUT2D eigenvalue weighted by Gasteiger charge is -2.27. The Morgan fingerprint density at radius 2 is 1.74 bits per heavy atom. The van der Waals surface area contributed by atoms with Crippen molar-refractivity contribution in [1.82, 2.24) is 4.98 Å². The van der Waals surface area contributed by atoms with Gasteiger partial charge in [0.05, 0.1) is 34.5 Å². The third-order valence-electron chi connectivity index (χ3n) is 4.27. The standard InChI is InChI=1S/C19H23N3O5/c1-24-15-11-14(12-16(25-2)18(15)26-3)21-19(23)13-4-5-20-17(10-13)22-6-8-27-9-7-22/h4-5,10-12H,6-9H2,1-3H3,(H,21,23). The fourth-order valence-electron chi connectivity index (χ4n) is 2.88.